The first-order valence-corrected chi connectivity index (χ1v) is 7.71. The van der Waals surface area contributed by atoms with E-state index in [-0.39, 0.29) is 17.2 Å². The lowest BCUT2D eigenvalue weighted by Gasteiger charge is -2.28. The van der Waals surface area contributed by atoms with Gasteiger partial charge in [0.2, 0.25) is 11.8 Å². The van der Waals surface area contributed by atoms with Crippen LogP contribution in [0.3, 0.4) is 0 Å². The van der Waals surface area contributed by atoms with E-state index in [4.69, 9.17) is 0 Å². The van der Waals surface area contributed by atoms with Crippen LogP contribution in [0.5, 0.6) is 0 Å². The van der Waals surface area contributed by atoms with E-state index in [0.29, 0.717) is 26.1 Å². The van der Waals surface area contributed by atoms with Crippen LogP contribution in [0.2, 0.25) is 0 Å². The van der Waals surface area contributed by atoms with Crippen LogP contribution in [-0.2, 0) is 16.1 Å². The molecule has 0 saturated carbocycles. The van der Waals surface area contributed by atoms with Gasteiger partial charge in [-0.2, -0.15) is 0 Å². The highest BCUT2D eigenvalue weighted by Gasteiger charge is 2.17. The molecule has 0 bridgehead atoms. The number of nitrogens with zero attached hydrogens (tertiary/aromatic N) is 1. The summed E-state index contributed by atoms with van der Waals surface area (Å²) in [6.07, 6.45) is 0.522. The number of amides is 2. The number of benzene rings is 1. The number of piperazine rings is 1. The van der Waals surface area contributed by atoms with Crippen molar-refractivity contribution in [3.63, 3.8) is 0 Å². The summed E-state index contributed by atoms with van der Waals surface area (Å²) < 4.78 is 0. The minimum Gasteiger partial charge on any atom is -0.360 e. The molecular formula is C17H25N3O2. The average molecular weight is 303 g/mol. The molecule has 2 N–H and O–H groups in total. The SMILES string of the molecule is CC(C)(C)CC(=O)NCc1ccc(N2CCNC(=O)C2)cc1. The van der Waals surface area contributed by atoms with Crippen LogP contribution >= 0.6 is 0 Å². The highest BCUT2D eigenvalue weighted by Crippen LogP contribution is 2.18. The van der Waals surface area contributed by atoms with Gasteiger partial charge in [-0.05, 0) is 23.1 Å². The van der Waals surface area contributed by atoms with Crippen molar-refractivity contribution in [3.05, 3.63) is 29.8 Å². The fraction of sp³-hybridized carbons (Fsp3) is 0.529. The summed E-state index contributed by atoms with van der Waals surface area (Å²) in [6, 6.07) is 8.01. The van der Waals surface area contributed by atoms with E-state index in [9.17, 15) is 9.59 Å². The van der Waals surface area contributed by atoms with E-state index in [2.05, 4.69) is 36.3 Å². The van der Waals surface area contributed by atoms with Gasteiger partial charge in [0.1, 0.15) is 0 Å². The summed E-state index contributed by atoms with van der Waals surface area (Å²) in [6.45, 7) is 8.61. The van der Waals surface area contributed by atoms with Crippen LogP contribution in [0.4, 0.5) is 5.69 Å². The molecule has 0 aromatic heterocycles. The van der Waals surface area contributed by atoms with Crippen LogP contribution < -0.4 is 15.5 Å². The second-order valence-electron chi connectivity index (χ2n) is 6.95. The largest absolute Gasteiger partial charge is 0.360 e. The van der Waals surface area contributed by atoms with Crippen molar-refractivity contribution in [1.29, 1.82) is 0 Å². The third-order valence-electron chi connectivity index (χ3n) is 3.52. The standard InChI is InChI=1S/C17H25N3O2/c1-17(2,3)10-15(21)19-11-13-4-6-14(7-5-13)20-9-8-18-16(22)12-20/h4-7H,8-12H2,1-3H3,(H,18,22)(H,19,21). The lowest BCUT2D eigenvalue weighted by atomic mass is 9.92. The van der Waals surface area contributed by atoms with Gasteiger partial charge < -0.3 is 15.5 Å². The predicted molar refractivity (Wildman–Crippen MR) is 87.6 cm³/mol. The molecule has 0 radical (unpaired) electrons. The number of hydrogen-bond acceptors (Lipinski definition) is 3. The highest BCUT2D eigenvalue weighted by atomic mass is 16.2. The molecule has 0 spiro atoms. The molecule has 0 unspecified atom stereocenters. The van der Waals surface area contributed by atoms with Crippen LogP contribution in [-0.4, -0.2) is 31.4 Å². The molecule has 1 aliphatic rings. The third-order valence-corrected chi connectivity index (χ3v) is 3.52. The fourth-order valence-corrected chi connectivity index (χ4v) is 2.43. The maximum absolute atomic E-state index is 11.8. The zero-order valence-electron chi connectivity index (χ0n) is 13.6. The lowest BCUT2D eigenvalue weighted by Crippen LogP contribution is -2.47. The van der Waals surface area contributed by atoms with Crippen molar-refractivity contribution >= 4 is 17.5 Å². The van der Waals surface area contributed by atoms with Crippen LogP contribution in [0, 0.1) is 5.41 Å². The maximum Gasteiger partial charge on any atom is 0.239 e. The summed E-state index contributed by atoms with van der Waals surface area (Å²) in [4.78, 5) is 25.3. The van der Waals surface area contributed by atoms with E-state index in [1.807, 2.05) is 24.3 Å². The van der Waals surface area contributed by atoms with Crippen LogP contribution in [0.15, 0.2) is 24.3 Å². The van der Waals surface area contributed by atoms with Gasteiger partial charge in [0.25, 0.3) is 0 Å². The van der Waals surface area contributed by atoms with E-state index in [1.54, 1.807) is 0 Å². The van der Waals surface area contributed by atoms with Gasteiger partial charge in [0.05, 0.1) is 6.54 Å². The second kappa shape index (κ2) is 6.81. The Balaban J connectivity index is 1.86. The van der Waals surface area contributed by atoms with Gasteiger partial charge >= 0.3 is 0 Å². The molecule has 1 aromatic rings. The van der Waals surface area contributed by atoms with Gasteiger partial charge in [-0.1, -0.05) is 32.9 Å². The molecule has 2 amide bonds. The van der Waals surface area contributed by atoms with Gasteiger partial charge in [-0.15, -0.1) is 0 Å². The average Bonchev–Trinajstić information content (AvgIpc) is 2.44. The Morgan fingerprint density at radius 2 is 1.95 bits per heavy atom. The van der Waals surface area contributed by atoms with Gasteiger partial charge in [-0.3, -0.25) is 9.59 Å². The summed E-state index contributed by atoms with van der Waals surface area (Å²) in [5.74, 6) is 0.133. The predicted octanol–water partition coefficient (Wildman–Crippen LogP) is 1.68. The summed E-state index contributed by atoms with van der Waals surface area (Å²) in [5.41, 5.74) is 2.11. The Morgan fingerprint density at radius 1 is 1.27 bits per heavy atom. The van der Waals surface area contributed by atoms with E-state index in [1.165, 1.54) is 0 Å². The molecule has 1 heterocycles. The molecule has 1 saturated heterocycles. The molecule has 2 rings (SSSR count). The zero-order valence-corrected chi connectivity index (χ0v) is 13.6. The molecule has 1 aliphatic heterocycles. The molecule has 1 aromatic carbocycles. The molecular weight excluding hydrogens is 278 g/mol. The number of hydrogen-bond donors (Lipinski definition) is 2. The smallest absolute Gasteiger partial charge is 0.239 e. The topological polar surface area (TPSA) is 61.4 Å². The Morgan fingerprint density at radius 3 is 2.55 bits per heavy atom. The molecule has 120 valence electrons. The first-order valence-electron chi connectivity index (χ1n) is 7.71. The number of carbonyl (C=O) groups excluding carboxylic acids is 2. The van der Waals surface area contributed by atoms with Crippen molar-refractivity contribution in [2.75, 3.05) is 24.5 Å². The normalized spacial score (nSPS) is 15.4. The van der Waals surface area contributed by atoms with E-state index in [0.717, 1.165) is 17.8 Å². The highest BCUT2D eigenvalue weighted by molar-refractivity contribution is 5.82. The quantitative estimate of drug-likeness (QED) is 0.889. The van der Waals surface area contributed by atoms with Crippen molar-refractivity contribution in [2.24, 2.45) is 5.41 Å². The number of anilines is 1. The fourth-order valence-electron chi connectivity index (χ4n) is 2.43. The Bertz CT molecular complexity index is 532. The minimum atomic E-state index is 0.00275. The van der Waals surface area contributed by atoms with Crippen LogP contribution in [0.1, 0.15) is 32.8 Å². The number of carbonyl (C=O) groups is 2. The van der Waals surface area contributed by atoms with Crippen molar-refractivity contribution in [2.45, 2.75) is 33.7 Å². The minimum absolute atomic E-state index is 0.00275. The van der Waals surface area contributed by atoms with Gasteiger partial charge in [0, 0.05) is 31.7 Å². The van der Waals surface area contributed by atoms with Crippen molar-refractivity contribution in [3.8, 4) is 0 Å². The number of rotatable bonds is 4. The third kappa shape index (κ3) is 5.06. The Hall–Kier alpha value is -2.04. The molecule has 0 atom stereocenters. The van der Waals surface area contributed by atoms with Crippen molar-refractivity contribution < 1.29 is 9.59 Å². The Kier molecular flexibility index (Phi) is 5.06. The van der Waals surface area contributed by atoms with Crippen LogP contribution in [0.25, 0.3) is 0 Å². The molecule has 5 heteroatoms. The first-order chi connectivity index (χ1) is 10.3. The summed E-state index contributed by atoms with van der Waals surface area (Å²) in [5, 5.41) is 5.76. The van der Waals surface area contributed by atoms with E-state index < -0.39 is 0 Å². The monoisotopic (exact) mass is 303 g/mol. The molecule has 22 heavy (non-hydrogen) atoms. The van der Waals surface area contributed by atoms with Gasteiger partial charge in [0.15, 0.2) is 0 Å². The van der Waals surface area contributed by atoms with E-state index >= 15 is 0 Å². The zero-order chi connectivity index (χ0) is 16.2. The lowest BCUT2D eigenvalue weighted by molar-refractivity contribution is -0.123. The van der Waals surface area contributed by atoms with Crippen molar-refractivity contribution in [1.82, 2.24) is 10.6 Å². The first kappa shape index (κ1) is 16.3. The Labute approximate surface area is 132 Å². The second-order valence-corrected chi connectivity index (χ2v) is 6.95. The molecule has 5 nitrogen and oxygen atoms in total. The summed E-state index contributed by atoms with van der Waals surface area (Å²) in [7, 11) is 0. The maximum atomic E-state index is 11.8. The molecule has 0 aliphatic carbocycles. The van der Waals surface area contributed by atoms with Gasteiger partial charge in [-0.25, -0.2) is 0 Å². The molecule has 1 fully saturated rings. The number of nitrogens with one attached hydrogen (secondary N) is 2. The summed E-state index contributed by atoms with van der Waals surface area (Å²) >= 11 is 0.